The van der Waals surface area contributed by atoms with Gasteiger partial charge in [-0.15, -0.1) is 0 Å². The Bertz CT molecular complexity index is 784. The van der Waals surface area contributed by atoms with Gasteiger partial charge in [-0.05, 0) is 18.9 Å². The molecule has 1 unspecified atom stereocenters. The van der Waals surface area contributed by atoms with Crippen molar-refractivity contribution >= 4 is 17.4 Å². The van der Waals surface area contributed by atoms with E-state index in [-0.39, 0.29) is 6.04 Å². The summed E-state index contributed by atoms with van der Waals surface area (Å²) in [6.45, 7) is 0. The standard InChI is InChI=1S/C14H13ClN6O/c15-12-6-13(18-14(17-12)8-3-4-22-7-8)16-9-1-2-10-11(5-9)20-21-19-10/h3-4,6-7,9H,1-2,5H2,(H,16,17,18)(H,19,20,21). The lowest BCUT2D eigenvalue weighted by Crippen LogP contribution is -2.28. The highest BCUT2D eigenvalue weighted by molar-refractivity contribution is 6.29. The molecule has 0 aliphatic heterocycles. The third-order valence-corrected chi connectivity index (χ3v) is 3.89. The second-order valence-corrected chi connectivity index (χ2v) is 5.60. The number of fused-ring (bicyclic) bond motifs is 1. The molecule has 1 aliphatic rings. The molecule has 3 aromatic rings. The van der Waals surface area contributed by atoms with E-state index in [9.17, 15) is 0 Å². The summed E-state index contributed by atoms with van der Waals surface area (Å²) in [5.74, 6) is 1.25. The first kappa shape index (κ1) is 13.3. The quantitative estimate of drug-likeness (QED) is 0.721. The maximum Gasteiger partial charge on any atom is 0.166 e. The molecule has 0 bridgehead atoms. The Morgan fingerprint density at radius 2 is 2.18 bits per heavy atom. The van der Waals surface area contributed by atoms with Crippen LogP contribution in [0.4, 0.5) is 5.82 Å². The molecule has 3 aromatic heterocycles. The minimum atomic E-state index is 0.251. The van der Waals surface area contributed by atoms with Gasteiger partial charge >= 0.3 is 0 Å². The predicted molar refractivity (Wildman–Crippen MR) is 80.6 cm³/mol. The second-order valence-electron chi connectivity index (χ2n) is 5.21. The number of rotatable bonds is 3. The summed E-state index contributed by atoms with van der Waals surface area (Å²) >= 11 is 6.10. The normalized spacial score (nSPS) is 17.2. The molecule has 1 atom stereocenters. The molecular weight excluding hydrogens is 304 g/mol. The average molecular weight is 317 g/mol. The molecule has 2 N–H and O–H groups in total. The van der Waals surface area contributed by atoms with E-state index >= 15 is 0 Å². The number of halogens is 1. The van der Waals surface area contributed by atoms with Crippen LogP contribution in [0.15, 0.2) is 29.1 Å². The zero-order valence-corrected chi connectivity index (χ0v) is 12.3. The van der Waals surface area contributed by atoms with E-state index in [1.54, 1.807) is 24.7 Å². The van der Waals surface area contributed by atoms with Crippen LogP contribution in [0.25, 0.3) is 11.4 Å². The molecule has 3 heterocycles. The number of aromatic nitrogens is 5. The summed E-state index contributed by atoms with van der Waals surface area (Å²) in [5, 5.41) is 14.8. The molecule has 0 radical (unpaired) electrons. The molecule has 112 valence electrons. The number of H-pyrrole nitrogens is 1. The van der Waals surface area contributed by atoms with Crippen molar-refractivity contribution in [1.82, 2.24) is 25.4 Å². The molecule has 0 fully saturated rings. The van der Waals surface area contributed by atoms with E-state index in [0.717, 1.165) is 36.2 Å². The Hall–Kier alpha value is -2.41. The second kappa shape index (κ2) is 5.42. The summed E-state index contributed by atoms with van der Waals surface area (Å²) < 4.78 is 5.07. The van der Waals surface area contributed by atoms with Crippen LogP contribution < -0.4 is 5.32 Å². The van der Waals surface area contributed by atoms with Gasteiger partial charge in [-0.2, -0.15) is 15.4 Å². The minimum Gasteiger partial charge on any atom is -0.472 e. The molecule has 4 rings (SSSR count). The van der Waals surface area contributed by atoms with Gasteiger partial charge in [0.2, 0.25) is 0 Å². The molecular formula is C14H13ClN6O. The highest BCUT2D eigenvalue weighted by Gasteiger charge is 2.22. The predicted octanol–water partition coefficient (Wildman–Crippen LogP) is 2.48. The highest BCUT2D eigenvalue weighted by Crippen LogP contribution is 2.24. The van der Waals surface area contributed by atoms with Crippen molar-refractivity contribution in [2.24, 2.45) is 0 Å². The first-order valence-electron chi connectivity index (χ1n) is 7.00. The van der Waals surface area contributed by atoms with Crippen LogP contribution in [0, 0.1) is 0 Å². The zero-order valence-electron chi connectivity index (χ0n) is 11.6. The monoisotopic (exact) mass is 316 g/mol. The molecule has 0 spiro atoms. The van der Waals surface area contributed by atoms with Gasteiger partial charge in [0.05, 0.1) is 23.2 Å². The smallest absolute Gasteiger partial charge is 0.166 e. The topological polar surface area (TPSA) is 92.5 Å². The number of aryl methyl sites for hydroxylation is 1. The Kier molecular flexibility index (Phi) is 3.27. The van der Waals surface area contributed by atoms with Crippen LogP contribution in [0.3, 0.4) is 0 Å². The maximum absolute atomic E-state index is 6.10. The third-order valence-electron chi connectivity index (χ3n) is 3.70. The van der Waals surface area contributed by atoms with Crippen LogP contribution in [-0.4, -0.2) is 31.4 Å². The number of hydrogen-bond acceptors (Lipinski definition) is 6. The van der Waals surface area contributed by atoms with Crippen LogP contribution >= 0.6 is 11.6 Å². The maximum atomic E-state index is 6.10. The van der Waals surface area contributed by atoms with Crippen molar-refractivity contribution in [2.75, 3.05) is 5.32 Å². The number of nitrogens with one attached hydrogen (secondary N) is 2. The van der Waals surface area contributed by atoms with Crippen molar-refractivity contribution in [1.29, 1.82) is 0 Å². The van der Waals surface area contributed by atoms with E-state index < -0.39 is 0 Å². The summed E-state index contributed by atoms with van der Waals surface area (Å²) in [7, 11) is 0. The van der Waals surface area contributed by atoms with Crippen molar-refractivity contribution < 1.29 is 4.42 Å². The number of nitrogens with zero attached hydrogens (tertiary/aromatic N) is 4. The fourth-order valence-corrected chi connectivity index (χ4v) is 2.81. The van der Waals surface area contributed by atoms with Crippen LogP contribution in [-0.2, 0) is 12.8 Å². The largest absolute Gasteiger partial charge is 0.472 e. The number of hydrogen-bond donors (Lipinski definition) is 2. The molecule has 22 heavy (non-hydrogen) atoms. The molecule has 0 aromatic carbocycles. The van der Waals surface area contributed by atoms with Crippen LogP contribution in [0.5, 0.6) is 0 Å². The zero-order chi connectivity index (χ0) is 14.9. The van der Waals surface area contributed by atoms with Gasteiger partial charge in [0.25, 0.3) is 0 Å². The van der Waals surface area contributed by atoms with Gasteiger partial charge in [-0.1, -0.05) is 11.6 Å². The summed E-state index contributed by atoms with van der Waals surface area (Å²) in [5.41, 5.74) is 2.87. The lowest BCUT2D eigenvalue weighted by Gasteiger charge is -2.22. The number of anilines is 1. The minimum absolute atomic E-state index is 0.251. The number of aromatic amines is 1. The fraction of sp³-hybridized carbons (Fsp3) is 0.286. The third kappa shape index (κ3) is 2.55. The Morgan fingerprint density at radius 1 is 1.27 bits per heavy atom. The van der Waals surface area contributed by atoms with Gasteiger partial charge in [0.15, 0.2) is 5.82 Å². The summed E-state index contributed by atoms with van der Waals surface area (Å²) in [4.78, 5) is 8.73. The van der Waals surface area contributed by atoms with Gasteiger partial charge < -0.3 is 9.73 Å². The molecule has 0 saturated carbocycles. The van der Waals surface area contributed by atoms with Crippen molar-refractivity contribution in [2.45, 2.75) is 25.3 Å². The van der Waals surface area contributed by atoms with E-state index in [1.807, 2.05) is 0 Å². The highest BCUT2D eigenvalue weighted by atomic mass is 35.5. The van der Waals surface area contributed by atoms with Crippen molar-refractivity contribution in [3.63, 3.8) is 0 Å². The van der Waals surface area contributed by atoms with Crippen LogP contribution in [0.1, 0.15) is 17.8 Å². The lowest BCUT2D eigenvalue weighted by atomic mass is 9.96. The molecule has 7 nitrogen and oxygen atoms in total. The fourth-order valence-electron chi connectivity index (χ4n) is 2.63. The van der Waals surface area contributed by atoms with Crippen LogP contribution in [0.2, 0.25) is 5.15 Å². The van der Waals surface area contributed by atoms with E-state index in [1.165, 1.54) is 0 Å². The summed E-state index contributed by atoms with van der Waals surface area (Å²) in [6.07, 6.45) is 5.87. The SMILES string of the molecule is Clc1cc(NC2CCc3n[nH]nc3C2)nc(-c2ccoc2)n1. The van der Waals surface area contributed by atoms with Crippen molar-refractivity contribution in [3.05, 3.63) is 41.2 Å². The number of furan rings is 1. The molecule has 8 heteroatoms. The average Bonchev–Trinajstić information content (AvgIpc) is 3.18. The summed E-state index contributed by atoms with van der Waals surface area (Å²) in [6, 6.07) is 3.78. The van der Waals surface area contributed by atoms with Crippen molar-refractivity contribution in [3.8, 4) is 11.4 Å². The van der Waals surface area contributed by atoms with Gasteiger partial charge in [0, 0.05) is 18.5 Å². The van der Waals surface area contributed by atoms with E-state index in [0.29, 0.717) is 16.8 Å². The molecule has 1 aliphatic carbocycles. The Morgan fingerprint density at radius 3 is 3.05 bits per heavy atom. The van der Waals surface area contributed by atoms with E-state index in [2.05, 4.69) is 30.7 Å². The molecule has 0 saturated heterocycles. The lowest BCUT2D eigenvalue weighted by molar-refractivity contribution is 0.568. The molecule has 0 amide bonds. The first-order chi connectivity index (χ1) is 10.8. The van der Waals surface area contributed by atoms with E-state index in [4.69, 9.17) is 16.0 Å². The Balaban J connectivity index is 1.56. The first-order valence-corrected chi connectivity index (χ1v) is 7.38. The van der Waals surface area contributed by atoms with Gasteiger partial charge in [0.1, 0.15) is 17.2 Å². The Labute approximate surface area is 131 Å². The van der Waals surface area contributed by atoms with Gasteiger partial charge in [-0.25, -0.2) is 9.97 Å². The van der Waals surface area contributed by atoms with Gasteiger partial charge in [-0.3, -0.25) is 0 Å².